The fraction of sp³-hybridized carbons (Fsp3) is 0.667. The van der Waals surface area contributed by atoms with Gasteiger partial charge in [-0.3, -0.25) is 4.68 Å². The van der Waals surface area contributed by atoms with Gasteiger partial charge in [0, 0.05) is 26.7 Å². The maximum atomic E-state index is 5.80. The Morgan fingerprint density at radius 1 is 1.50 bits per heavy atom. The Labute approximate surface area is 114 Å². The SMILES string of the molecule is CCOCCN(CC)c1c(C(N)=S)c(C)nn1C. The Morgan fingerprint density at radius 3 is 2.67 bits per heavy atom. The van der Waals surface area contributed by atoms with Gasteiger partial charge < -0.3 is 15.4 Å². The molecule has 102 valence electrons. The van der Waals surface area contributed by atoms with E-state index in [0.29, 0.717) is 11.6 Å². The van der Waals surface area contributed by atoms with Gasteiger partial charge in [-0.25, -0.2) is 0 Å². The molecular formula is C12H22N4OS. The van der Waals surface area contributed by atoms with Crippen LogP contribution in [0.3, 0.4) is 0 Å². The van der Waals surface area contributed by atoms with E-state index >= 15 is 0 Å². The zero-order chi connectivity index (χ0) is 13.7. The molecule has 0 bridgehead atoms. The molecule has 0 atom stereocenters. The molecular weight excluding hydrogens is 248 g/mol. The standard InChI is InChI=1S/C12H22N4OS/c1-5-16(7-8-17-6-2)12-10(11(13)18)9(3)14-15(12)4/h5-8H2,1-4H3,(H2,13,18). The first kappa shape index (κ1) is 14.9. The molecule has 1 aromatic rings. The van der Waals surface area contributed by atoms with E-state index in [0.717, 1.165) is 36.8 Å². The van der Waals surface area contributed by atoms with Gasteiger partial charge in [-0.1, -0.05) is 12.2 Å². The molecule has 0 spiro atoms. The number of aryl methyl sites for hydroxylation is 2. The number of hydrogen-bond donors (Lipinski definition) is 1. The van der Waals surface area contributed by atoms with Crippen LogP contribution >= 0.6 is 12.2 Å². The number of likely N-dealkylation sites (N-methyl/N-ethyl adjacent to an activating group) is 1. The molecule has 0 aromatic carbocycles. The molecule has 0 amide bonds. The molecule has 0 saturated heterocycles. The van der Waals surface area contributed by atoms with Crippen LogP contribution < -0.4 is 10.6 Å². The first-order valence-electron chi connectivity index (χ1n) is 6.18. The van der Waals surface area contributed by atoms with Crippen molar-refractivity contribution < 1.29 is 4.74 Å². The van der Waals surface area contributed by atoms with Gasteiger partial charge in [-0.15, -0.1) is 0 Å². The van der Waals surface area contributed by atoms with Crippen molar-refractivity contribution in [2.45, 2.75) is 20.8 Å². The minimum atomic E-state index is 0.394. The summed E-state index contributed by atoms with van der Waals surface area (Å²) in [7, 11) is 1.91. The zero-order valence-electron chi connectivity index (χ0n) is 11.6. The van der Waals surface area contributed by atoms with Gasteiger partial charge in [0.1, 0.15) is 10.8 Å². The van der Waals surface area contributed by atoms with Gasteiger partial charge >= 0.3 is 0 Å². The highest BCUT2D eigenvalue weighted by Crippen LogP contribution is 2.22. The van der Waals surface area contributed by atoms with Crippen molar-refractivity contribution in [1.29, 1.82) is 0 Å². The van der Waals surface area contributed by atoms with Crippen molar-refractivity contribution in [3.05, 3.63) is 11.3 Å². The zero-order valence-corrected chi connectivity index (χ0v) is 12.4. The predicted molar refractivity (Wildman–Crippen MR) is 78.2 cm³/mol. The fourth-order valence-electron chi connectivity index (χ4n) is 2.03. The molecule has 2 N–H and O–H groups in total. The highest BCUT2D eigenvalue weighted by molar-refractivity contribution is 7.80. The second kappa shape index (κ2) is 6.70. The summed E-state index contributed by atoms with van der Waals surface area (Å²) in [5, 5.41) is 4.40. The second-order valence-corrected chi connectivity index (χ2v) is 4.49. The Hall–Kier alpha value is -1.14. The van der Waals surface area contributed by atoms with Crippen LogP contribution in [-0.4, -0.2) is 41.1 Å². The Kier molecular flexibility index (Phi) is 5.55. The van der Waals surface area contributed by atoms with Crippen LogP contribution in [0, 0.1) is 6.92 Å². The largest absolute Gasteiger partial charge is 0.389 e. The minimum absolute atomic E-state index is 0.394. The van der Waals surface area contributed by atoms with E-state index in [2.05, 4.69) is 16.9 Å². The highest BCUT2D eigenvalue weighted by atomic mass is 32.1. The number of thiocarbonyl (C=S) groups is 1. The molecule has 5 nitrogen and oxygen atoms in total. The van der Waals surface area contributed by atoms with E-state index in [1.54, 1.807) is 0 Å². The van der Waals surface area contributed by atoms with E-state index in [9.17, 15) is 0 Å². The number of aromatic nitrogens is 2. The van der Waals surface area contributed by atoms with Gasteiger partial charge in [0.25, 0.3) is 0 Å². The van der Waals surface area contributed by atoms with E-state index in [4.69, 9.17) is 22.7 Å². The molecule has 1 heterocycles. The third-order valence-electron chi connectivity index (χ3n) is 2.83. The van der Waals surface area contributed by atoms with Crippen LogP contribution in [0.15, 0.2) is 0 Å². The highest BCUT2D eigenvalue weighted by Gasteiger charge is 2.20. The van der Waals surface area contributed by atoms with Gasteiger partial charge in [0.05, 0.1) is 17.9 Å². The number of anilines is 1. The Balaban J connectivity index is 3.00. The Morgan fingerprint density at radius 2 is 2.17 bits per heavy atom. The average Bonchev–Trinajstić information content (AvgIpc) is 2.60. The smallest absolute Gasteiger partial charge is 0.137 e. The number of nitrogens with two attached hydrogens (primary N) is 1. The third kappa shape index (κ3) is 3.20. The summed E-state index contributed by atoms with van der Waals surface area (Å²) >= 11 is 5.12. The van der Waals surface area contributed by atoms with Crippen molar-refractivity contribution in [2.24, 2.45) is 12.8 Å². The predicted octanol–water partition coefficient (Wildman–Crippen LogP) is 1.23. The van der Waals surface area contributed by atoms with E-state index in [1.165, 1.54) is 0 Å². The average molecular weight is 270 g/mol. The second-order valence-electron chi connectivity index (χ2n) is 4.05. The minimum Gasteiger partial charge on any atom is -0.389 e. The topological polar surface area (TPSA) is 56.3 Å². The van der Waals surface area contributed by atoms with Crippen molar-refractivity contribution in [3.8, 4) is 0 Å². The van der Waals surface area contributed by atoms with Crippen molar-refractivity contribution in [3.63, 3.8) is 0 Å². The van der Waals surface area contributed by atoms with Gasteiger partial charge in [-0.2, -0.15) is 5.10 Å². The van der Waals surface area contributed by atoms with Crippen LogP contribution in [-0.2, 0) is 11.8 Å². The molecule has 0 saturated carbocycles. The van der Waals surface area contributed by atoms with Crippen LogP contribution in [0.25, 0.3) is 0 Å². The molecule has 0 unspecified atom stereocenters. The molecule has 0 radical (unpaired) electrons. The first-order valence-corrected chi connectivity index (χ1v) is 6.59. The van der Waals surface area contributed by atoms with Crippen LogP contribution in [0.5, 0.6) is 0 Å². The molecule has 0 aliphatic rings. The molecule has 0 aliphatic carbocycles. The lowest BCUT2D eigenvalue weighted by Crippen LogP contribution is -2.31. The summed E-state index contributed by atoms with van der Waals surface area (Å²) in [4.78, 5) is 2.58. The summed E-state index contributed by atoms with van der Waals surface area (Å²) in [6, 6.07) is 0. The quantitative estimate of drug-likeness (QED) is 0.596. The number of nitrogens with zero attached hydrogens (tertiary/aromatic N) is 3. The maximum Gasteiger partial charge on any atom is 0.137 e. The lowest BCUT2D eigenvalue weighted by atomic mass is 10.2. The van der Waals surface area contributed by atoms with Gasteiger partial charge in [0.15, 0.2) is 0 Å². The monoisotopic (exact) mass is 270 g/mol. The number of ether oxygens (including phenoxy) is 1. The summed E-state index contributed by atoms with van der Waals surface area (Å²) in [5.74, 6) is 0.974. The molecule has 1 rings (SSSR count). The maximum absolute atomic E-state index is 5.80. The lowest BCUT2D eigenvalue weighted by molar-refractivity contribution is 0.154. The van der Waals surface area contributed by atoms with Crippen molar-refractivity contribution >= 4 is 23.0 Å². The Bertz CT molecular complexity index is 416. The van der Waals surface area contributed by atoms with Gasteiger partial charge in [0.2, 0.25) is 0 Å². The molecule has 1 aromatic heterocycles. The van der Waals surface area contributed by atoms with Crippen molar-refractivity contribution in [1.82, 2.24) is 9.78 Å². The third-order valence-corrected chi connectivity index (χ3v) is 3.03. The summed E-state index contributed by atoms with van der Waals surface area (Å²) < 4.78 is 7.23. The molecule has 6 heteroatoms. The lowest BCUT2D eigenvalue weighted by Gasteiger charge is -2.24. The van der Waals surface area contributed by atoms with Gasteiger partial charge in [-0.05, 0) is 20.8 Å². The van der Waals surface area contributed by atoms with Crippen molar-refractivity contribution in [2.75, 3.05) is 31.2 Å². The van der Waals surface area contributed by atoms with E-state index in [1.807, 2.05) is 25.6 Å². The van der Waals surface area contributed by atoms with E-state index < -0.39 is 0 Å². The molecule has 0 fully saturated rings. The summed E-state index contributed by atoms with van der Waals surface area (Å²) in [5.41, 5.74) is 7.53. The molecule has 18 heavy (non-hydrogen) atoms. The molecule has 0 aliphatic heterocycles. The summed E-state index contributed by atoms with van der Waals surface area (Å²) in [6.45, 7) is 9.09. The number of rotatable bonds is 7. The first-order chi connectivity index (χ1) is 8.52. The normalized spacial score (nSPS) is 10.7. The summed E-state index contributed by atoms with van der Waals surface area (Å²) in [6.07, 6.45) is 0. The van der Waals surface area contributed by atoms with E-state index in [-0.39, 0.29) is 0 Å². The number of hydrogen-bond acceptors (Lipinski definition) is 4. The van der Waals surface area contributed by atoms with Crippen LogP contribution in [0.1, 0.15) is 25.1 Å². The van der Waals surface area contributed by atoms with Crippen LogP contribution in [0.4, 0.5) is 5.82 Å². The van der Waals surface area contributed by atoms with Crippen LogP contribution in [0.2, 0.25) is 0 Å². The fourth-order valence-corrected chi connectivity index (χ4v) is 2.27.